The lowest BCUT2D eigenvalue weighted by Gasteiger charge is -2.14. The summed E-state index contributed by atoms with van der Waals surface area (Å²) >= 11 is 0. The molecule has 4 heteroatoms. The Bertz CT molecular complexity index is 435. The first kappa shape index (κ1) is 10.5. The Morgan fingerprint density at radius 2 is 1.75 bits per heavy atom. The number of benzene rings is 1. The maximum absolute atomic E-state index is 13.1. The highest BCUT2D eigenvalue weighted by Gasteiger charge is 2.35. The minimum atomic E-state index is -1.39. The van der Waals surface area contributed by atoms with Gasteiger partial charge in [0.15, 0.2) is 0 Å². The molecule has 0 saturated heterocycles. The van der Waals surface area contributed by atoms with Crippen LogP contribution < -0.4 is 0 Å². The van der Waals surface area contributed by atoms with E-state index in [0.29, 0.717) is 11.1 Å². The van der Waals surface area contributed by atoms with Crippen molar-refractivity contribution < 1.29 is 14.0 Å². The molecule has 1 aromatic rings. The lowest BCUT2D eigenvalue weighted by Crippen LogP contribution is -2.34. The smallest absolute Gasteiger partial charge is 0.261 e. The summed E-state index contributed by atoms with van der Waals surface area (Å²) in [6.45, 7) is 3.01. The highest BCUT2D eigenvalue weighted by atomic mass is 19.1. The second-order valence-electron chi connectivity index (χ2n) is 3.52. The largest absolute Gasteiger partial charge is 0.271 e. The predicted molar refractivity (Wildman–Crippen MR) is 56.9 cm³/mol. The van der Waals surface area contributed by atoms with Crippen LogP contribution in [0.15, 0.2) is 36.9 Å². The van der Waals surface area contributed by atoms with Gasteiger partial charge in [0.1, 0.15) is 6.17 Å². The van der Waals surface area contributed by atoms with Crippen molar-refractivity contribution in [3.63, 3.8) is 0 Å². The van der Waals surface area contributed by atoms with Crippen molar-refractivity contribution in [1.82, 2.24) is 4.90 Å². The number of hydrogen-bond donors (Lipinski definition) is 0. The average molecular weight is 219 g/mol. The minimum absolute atomic E-state index is 0.268. The summed E-state index contributed by atoms with van der Waals surface area (Å²) in [6.07, 6.45) is -0.314. The third-order valence-corrected chi connectivity index (χ3v) is 2.49. The number of carbonyl (C=O) groups is 2. The fraction of sp³-hybridized carbons (Fsp3) is 0.167. The third kappa shape index (κ3) is 1.52. The standard InChI is InChI=1S/C12H10FNO2/c1-2-8(13)7-14-11(15)9-5-3-4-6-10(9)12(14)16/h2-6,8H,1,7H2. The van der Waals surface area contributed by atoms with E-state index in [9.17, 15) is 14.0 Å². The first-order valence-corrected chi connectivity index (χ1v) is 4.87. The Labute approximate surface area is 92.2 Å². The zero-order valence-corrected chi connectivity index (χ0v) is 8.52. The summed E-state index contributed by atoms with van der Waals surface area (Å²) in [5.74, 6) is -0.879. The van der Waals surface area contributed by atoms with Gasteiger partial charge < -0.3 is 0 Å². The highest BCUT2D eigenvalue weighted by molar-refractivity contribution is 6.21. The van der Waals surface area contributed by atoms with Crippen molar-refractivity contribution in [2.75, 3.05) is 6.54 Å². The van der Waals surface area contributed by atoms with Gasteiger partial charge >= 0.3 is 0 Å². The molecule has 2 amide bonds. The van der Waals surface area contributed by atoms with Crippen LogP contribution in [0.25, 0.3) is 0 Å². The molecular formula is C12H10FNO2. The molecule has 0 spiro atoms. The second kappa shape index (κ2) is 3.89. The molecule has 2 rings (SSSR count). The average Bonchev–Trinajstić information content (AvgIpc) is 2.55. The quantitative estimate of drug-likeness (QED) is 0.574. The topological polar surface area (TPSA) is 37.4 Å². The summed E-state index contributed by atoms with van der Waals surface area (Å²) in [5, 5.41) is 0. The van der Waals surface area contributed by atoms with Crippen molar-refractivity contribution >= 4 is 11.8 Å². The summed E-state index contributed by atoms with van der Waals surface area (Å²) in [6, 6.07) is 6.48. The van der Waals surface area contributed by atoms with Gasteiger partial charge in [0, 0.05) is 0 Å². The van der Waals surface area contributed by atoms with Crippen LogP contribution in [0.5, 0.6) is 0 Å². The molecule has 3 nitrogen and oxygen atoms in total. The van der Waals surface area contributed by atoms with E-state index >= 15 is 0 Å². The van der Waals surface area contributed by atoms with Crippen molar-refractivity contribution in [3.8, 4) is 0 Å². The normalized spacial score (nSPS) is 16.2. The molecule has 0 aliphatic carbocycles. The van der Waals surface area contributed by atoms with E-state index < -0.39 is 18.0 Å². The van der Waals surface area contributed by atoms with E-state index in [1.54, 1.807) is 24.3 Å². The van der Waals surface area contributed by atoms with Crippen LogP contribution in [0.2, 0.25) is 0 Å². The fourth-order valence-corrected chi connectivity index (χ4v) is 1.65. The van der Waals surface area contributed by atoms with Gasteiger partial charge in [-0.25, -0.2) is 4.39 Å². The SMILES string of the molecule is C=CC(F)CN1C(=O)c2ccccc2C1=O. The lowest BCUT2D eigenvalue weighted by molar-refractivity contribution is 0.0627. The number of rotatable bonds is 3. The Hall–Kier alpha value is -1.97. The van der Waals surface area contributed by atoms with E-state index in [1.807, 2.05) is 0 Å². The summed E-state index contributed by atoms with van der Waals surface area (Å²) in [4.78, 5) is 24.4. The van der Waals surface area contributed by atoms with Crippen LogP contribution in [0.3, 0.4) is 0 Å². The van der Waals surface area contributed by atoms with E-state index in [2.05, 4.69) is 6.58 Å². The number of carbonyl (C=O) groups excluding carboxylic acids is 2. The Morgan fingerprint density at radius 1 is 1.25 bits per heavy atom. The maximum Gasteiger partial charge on any atom is 0.261 e. The number of hydrogen-bond acceptors (Lipinski definition) is 2. The highest BCUT2D eigenvalue weighted by Crippen LogP contribution is 2.22. The van der Waals surface area contributed by atoms with Gasteiger partial charge in [0.05, 0.1) is 17.7 Å². The molecule has 1 unspecified atom stereocenters. The molecule has 0 radical (unpaired) electrons. The van der Waals surface area contributed by atoms with Crippen LogP contribution in [-0.2, 0) is 0 Å². The van der Waals surface area contributed by atoms with Crippen LogP contribution in [0, 0.1) is 0 Å². The van der Waals surface area contributed by atoms with E-state index in [4.69, 9.17) is 0 Å². The van der Waals surface area contributed by atoms with Crippen LogP contribution in [-0.4, -0.2) is 29.4 Å². The van der Waals surface area contributed by atoms with Gasteiger partial charge in [0.2, 0.25) is 0 Å². The van der Waals surface area contributed by atoms with E-state index in [-0.39, 0.29) is 6.54 Å². The minimum Gasteiger partial charge on any atom is -0.271 e. The molecule has 1 aliphatic heterocycles. The van der Waals surface area contributed by atoms with Gasteiger partial charge in [-0.05, 0) is 12.1 Å². The van der Waals surface area contributed by atoms with Crippen molar-refractivity contribution in [2.24, 2.45) is 0 Å². The molecule has 0 fully saturated rings. The maximum atomic E-state index is 13.1. The molecule has 0 N–H and O–H groups in total. The Morgan fingerprint density at radius 3 is 2.19 bits per heavy atom. The molecule has 0 saturated carbocycles. The fourth-order valence-electron chi connectivity index (χ4n) is 1.65. The number of halogens is 1. The summed E-state index contributed by atoms with van der Waals surface area (Å²) in [7, 11) is 0. The van der Waals surface area contributed by atoms with Gasteiger partial charge in [0.25, 0.3) is 11.8 Å². The third-order valence-electron chi connectivity index (χ3n) is 2.49. The van der Waals surface area contributed by atoms with Gasteiger partial charge in [-0.2, -0.15) is 0 Å². The van der Waals surface area contributed by atoms with E-state index in [1.165, 1.54) is 0 Å². The molecule has 82 valence electrons. The number of nitrogens with zero attached hydrogens (tertiary/aromatic N) is 1. The van der Waals surface area contributed by atoms with Crippen LogP contribution in [0.1, 0.15) is 20.7 Å². The van der Waals surface area contributed by atoms with Crippen LogP contribution in [0.4, 0.5) is 4.39 Å². The van der Waals surface area contributed by atoms with Crippen molar-refractivity contribution in [3.05, 3.63) is 48.0 Å². The number of alkyl halides is 1. The molecule has 1 heterocycles. The first-order chi connectivity index (χ1) is 7.65. The number of imide groups is 1. The zero-order valence-electron chi connectivity index (χ0n) is 8.52. The van der Waals surface area contributed by atoms with Gasteiger partial charge in [-0.3, -0.25) is 14.5 Å². The molecule has 0 aromatic heterocycles. The molecule has 1 atom stereocenters. The molecule has 0 bridgehead atoms. The van der Waals surface area contributed by atoms with Crippen molar-refractivity contribution in [2.45, 2.75) is 6.17 Å². The zero-order chi connectivity index (χ0) is 11.7. The molecule has 1 aliphatic rings. The van der Waals surface area contributed by atoms with Gasteiger partial charge in [-0.1, -0.05) is 18.2 Å². The first-order valence-electron chi connectivity index (χ1n) is 4.87. The number of fused-ring (bicyclic) bond motifs is 1. The summed E-state index contributed by atoms with van der Waals surface area (Å²) < 4.78 is 13.1. The van der Waals surface area contributed by atoms with Crippen molar-refractivity contribution in [1.29, 1.82) is 0 Å². The Kier molecular flexibility index (Phi) is 2.56. The lowest BCUT2D eigenvalue weighted by atomic mass is 10.1. The molecular weight excluding hydrogens is 209 g/mol. The predicted octanol–water partition coefficient (Wildman–Crippen LogP) is 1.81. The Balaban J connectivity index is 2.31. The van der Waals surface area contributed by atoms with E-state index in [0.717, 1.165) is 11.0 Å². The number of amides is 2. The van der Waals surface area contributed by atoms with Gasteiger partial charge in [-0.15, -0.1) is 6.58 Å². The monoisotopic (exact) mass is 219 g/mol. The van der Waals surface area contributed by atoms with Crippen LogP contribution >= 0.6 is 0 Å². The molecule has 1 aromatic carbocycles. The second-order valence-corrected chi connectivity index (χ2v) is 3.52. The molecule has 16 heavy (non-hydrogen) atoms. The summed E-state index contributed by atoms with van der Waals surface area (Å²) in [5.41, 5.74) is 0.674.